The molecular formula is C14H15NO. The Labute approximate surface area is 94.9 Å². The molecule has 1 aliphatic carbocycles. The second-order valence-corrected chi connectivity index (χ2v) is 4.61. The van der Waals surface area contributed by atoms with Crippen LogP contribution < -0.4 is 0 Å². The molecule has 0 saturated heterocycles. The first-order valence-corrected chi connectivity index (χ1v) is 5.82. The van der Waals surface area contributed by atoms with Crippen LogP contribution in [0.2, 0.25) is 0 Å². The monoisotopic (exact) mass is 213 g/mol. The van der Waals surface area contributed by atoms with Gasteiger partial charge in [0.2, 0.25) is 0 Å². The van der Waals surface area contributed by atoms with E-state index in [1.807, 2.05) is 30.3 Å². The molecule has 0 radical (unpaired) electrons. The average Bonchev–Trinajstić information content (AvgIpc) is 3.01. The highest BCUT2D eigenvalue weighted by Gasteiger charge is 2.53. The van der Waals surface area contributed by atoms with Gasteiger partial charge in [0.05, 0.1) is 11.1 Å². The first kappa shape index (κ1) is 9.79. The molecule has 2 aromatic rings. The van der Waals surface area contributed by atoms with Crippen molar-refractivity contribution < 1.29 is 5.11 Å². The molecule has 82 valence electrons. The molecule has 0 bridgehead atoms. The number of pyridine rings is 1. The van der Waals surface area contributed by atoms with Crippen LogP contribution in [0, 0.1) is 5.92 Å². The SMILES string of the molecule is CCC1CC1(O)c1cccc2ncccc12. The first-order chi connectivity index (χ1) is 7.75. The van der Waals surface area contributed by atoms with Crippen LogP contribution >= 0.6 is 0 Å². The van der Waals surface area contributed by atoms with Crippen LogP contribution in [-0.2, 0) is 5.60 Å². The van der Waals surface area contributed by atoms with Crippen molar-refractivity contribution in [2.24, 2.45) is 5.92 Å². The van der Waals surface area contributed by atoms with Crippen LogP contribution in [0.15, 0.2) is 36.5 Å². The number of nitrogens with zero attached hydrogens (tertiary/aromatic N) is 1. The zero-order chi connectivity index (χ0) is 11.2. The van der Waals surface area contributed by atoms with Crippen molar-refractivity contribution in [3.63, 3.8) is 0 Å². The average molecular weight is 213 g/mol. The Hall–Kier alpha value is -1.41. The third kappa shape index (κ3) is 1.26. The van der Waals surface area contributed by atoms with Crippen LogP contribution in [0.25, 0.3) is 10.9 Å². The van der Waals surface area contributed by atoms with E-state index in [-0.39, 0.29) is 0 Å². The Morgan fingerprint density at radius 1 is 1.38 bits per heavy atom. The van der Waals surface area contributed by atoms with Gasteiger partial charge in [0.1, 0.15) is 0 Å². The summed E-state index contributed by atoms with van der Waals surface area (Å²) in [7, 11) is 0. The highest BCUT2D eigenvalue weighted by atomic mass is 16.3. The minimum Gasteiger partial charge on any atom is -0.385 e. The molecule has 1 saturated carbocycles. The Balaban J connectivity index is 2.18. The number of hydrogen-bond donors (Lipinski definition) is 1. The summed E-state index contributed by atoms with van der Waals surface area (Å²) in [6.45, 7) is 2.13. The van der Waals surface area contributed by atoms with Crippen molar-refractivity contribution in [1.29, 1.82) is 0 Å². The Morgan fingerprint density at radius 2 is 2.25 bits per heavy atom. The maximum Gasteiger partial charge on any atom is 0.0936 e. The number of rotatable bonds is 2. The van der Waals surface area contributed by atoms with Gasteiger partial charge in [-0.25, -0.2) is 0 Å². The van der Waals surface area contributed by atoms with Gasteiger partial charge in [-0.05, 0) is 30.0 Å². The second kappa shape index (κ2) is 3.29. The smallest absolute Gasteiger partial charge is 0.0936 e. The first-order valence-electron chi connectivity index (χ1n) is 5.82. The van der Waals surface area contributed by atoms with Crippen LogP contribution in [0.3, 0.4) is 0 Å². The molecule has 1 fully saturated rings. The van der Waals surface area contributed by atoms with E-state index in [2.05, 4.69) is 11.9 Å². The Kier molecular flexibility index (Phi) is 2.01. The number of aliphatic hydroxyl groups is 1. The number of hydrogen-bond acceptors (Lipinski definition) is 2. The van der Waals surface area contributed by atoms with Crippen LogP contribution in [0.4, 0.5) is 0 Å². The van der Waals surface area contributed by atoms with Crippen molar-refractivity contribution in [3.05, 3.63) is 42.1 Å². The van der Waals surface area contributed by atoms with E-state index < -0.39 is 5.60 Å². The summed E-state index contributed by atoms with van der Waals surface area (Å²) in [4.78, 5) is 4.32. The minimum atomic E-state index is -0.600. The van der Waals surface area contributed by atoms with Gasteiger partial charge in [-0.2, -0.15) is 0 Å². The molecule has 2 nitrogen and oxygen atoms in total. The molecule has 1 aromatic heterocycles. The quantitative estimate of drug-likeness (QED) is 0.832. The summed E-state index contributed by atoms with van der Waals surface area (Å²) in [6.07, 6.45) is 3.71. The molecule has 1 aromatic carbocycles. The van der Waals surface area contributed by atoms with E-state index >= 15 is 0 Å². The standard InChI is InChI=1S/C14H15NO/c1-2-10-9-14(10,16)12-6-3-7-13-11(12)5-4-8-15-13/h3-8,10,16H,2,9H2,1H3. The van der Waals surface area contributed by atoms with Gasteiger partial charge < -0.3 is 5.11 Å². The number of benzene rings is 1. The van der Waals surface area contributed by atoms with E-state index in [0.717, 1.165) is 29.3 Å². The maximum atomic E-state index is 10.5. The van der Waals surface area contributed by atoms with E-state index in [4.69, 9.17) is 0 Å². The summed E-state index contributed by atoms with van der Waals surface area (Å²) in [6, 6.07) is 9.97. The second-order valence-electron chi connectivity index (χ2n) is 4.61. The Morgan fingerprint density at radius 3 is 3.00 bits per heavy atom. The van der Waals surface area contributed by atoms with Gasteiger partial charge in [0, 0.05) is 11.6 Å². The summed E-state index contributed by atoms with van der Waals surface area (Å²) in [5.74, 6) is 0.415. The van der Waals surface area contributed by atoms with E-state index in [9.17, 15) is 5.11 Å². The lowest BCUT2D eigenvalue weighted by molar-refractivity contribution is 0.132. The molecule has 2 unspecified atom stereocenters. The van der Waals surface area contributed by atoms with Crippen LogP contribution in [-0.4, -0.2) is 10.1 Å². The summed E-state index contributed by atoms with van der Waals surface area (Å²) < 4.78 is 0. The van der Waals surface area contributed by atoms with Gasteiger partial charge in [-0.1, -0.05) is 31.5 Å². The third-order valence-electron chi connectivity index (χ3n) is 3.68. The van der Waals surface area contributed by atoms with Gasteiger partial charge in [-0.3, -0.25) is 4.98 Å². The molecule has 3 rings (SSSR count). The normalized spacial score (nSPS) is 28.2. The van der Waals surface area contributed by atoms with Gasteiger partial charge in [-0.15, -0.1) is 0 Å². The van der Waals surface area contributed by atoms with Crippen LogP contribution in [0.5, 0.6) is 0 Å². The Bertz CT molecular complexity index is 532. The molecule has 0 amide bonds. The molecule has 1 N–H and O–H groups in total. The fraction of sp³-hybridized carbons (Fsp3) is 0.357. The molecular weight excluding hydrogens is 198 g/mol. The van der Waals surface area contributed by atoms with E-state index in [1.54, 1.807) is 6.20 Å². The highest BCUT2D eigenvalue weighted by Crippen LogP contribution is 2.54. The van der Waals surface area contributed by atoms with Gasteiger partial charge in [0.15, 0.2) is 0 Å². The van der Waals surface area contributed by atoms with Crippen LogP contribution in [0.1, 0.15) is 25.3 Å². The highest BCUT2D eigenvalue weighted by molar-refractivity contribution is 5.83. The molecule has 0 aliphatic heterocycles. The van der Waals surface area contributed by atoms with Crippen molar-refractivity contribution in [2.75, 3.05) is 0 Å². The minimum absolute atomic E-state index is 0.415. The zero-order valence-corrected chi connectivity index (χ0v) is 9.35. The maximum absolute atomic E-state index is 10.5. The lowest BCUT2D eigenvalue weighted by atomic mass is 9.99. The summed E-state index contributed by atoms with van der Waals surface area (Å²) >= 11 is 0. The number of aromatic nitrogens is 1. The van der Waals surface area contributed by atoms with Crippen molar-refractivity contribution in [1.82, 2.24) is 4.98 Å². The van der Waals surface area contributed by atoms with Gasteiger partial charge in [0.25, 0.3) is 0 Å². The fourth-order valence-corrected chi connectivity index (χ4v) is 2.61. The topological polar surface area (TPSA) is 33.1 Å². The molecule has 2 heteroatoms. The molecule has 0 spiro atoms. The predicted octanol–water partition coefficient (Wildman–Crippen LogP) is 2.85. The van der Waals surface area contributed by atoms with E-state index in [1.165, 1.54) is 0 Å². The predicted molar refractivity (Wildman–Crippen MR) is 64.0 cm³/mol. The third-order valence-corrected chi connectivity index (χ3v) is 3.68. The fourth-order valence-electron chi connectivity index (χ4n) is 2.61. The lowest BCUT2D eigenvalue weighted by Gasteiger charge is -2.13. The summed E-state index contributed by atoms with van der Waals surface area (Å²) in [5.41, 5.74) is 1.41. The summed E-state index contributed by atoms with van der Waals surface area (Å²) in [5, 5.41) is 11.6. The largest absolute Gasteiger partial charge is 0.385 e. The lowest BCUT2D eigenvalue weighted by Crippen LogP contribution is -2.09. The van der Waals surface area contributed by atoms with Crippen molar-refractivity contribution in [3.8, 4) is 0 Å². The molecule has 1 aliphatic rings. The van der Waals surface area contributed by atoms with Crippen molar-refractivity contribution >= 4 is 10.9 Å². The van der Waals surface area contributed by atoms with Crippen molar-refractivity contribution in [2.45, 2.75) is 25.4 Å². The molecule has 2 atom stereocenters. The van der Waals surface area contributed by atoms with E-state index in [0.29, 0.717) is 5.92 Å². The molecule has 16 heavy (non-hydrogen) atoms. The zero-order valence-electron chi connectivity index (χ0n) is 9.35. The number of fused-ring (bicyclic) bond motifs is 1. The van der Waals surface area contributed by atoms with Gasteiger partial charge >= 0.3 is 0 Å². The molecule has 1 heterocycles.